The van der Waals surface area contributed by atoms with Gasteiger partial charge in [0.05, 0.1) is 0 Å². The van der Waals surface area contributed by atoms with Gasteiger partial charge in [-0.05, 0) is 12.8 Å². The average molecular weight is 133 g/mol. The van der Waals surface area contributed by atoms with Crippen molar-refractivity contribution in [2.45, 2.75) is 44.8 Å². The second-order valence-electron chi connectivity index (χ2n) is 2.50. The minimum Gasteiger partial charge on any atom is -0.173 e. The molecule has 0 aromatic rings. The molecule has 1 atom stereocenters. The highest BCUT2D eigenvalue weighted by atomic mass is 32.1. The first-order valence-corrected chi connectivity index (χ1v) is 3.59. The zero-order valence-electron chi connectivity index (χ0n) is 6.78. The number of hydrogen-bond donors (Lipinski definition) is 1. The summed E-state index contributed by atoms with van der Waals surface area (Å²) < 4.78 is 7.10. The van der Waals surface area contributed by atoms with Crippen molar-refractivity contribution in [2.75, 3.05) is 0 Å². The van der Waals surface area contributed by atoms with E-state index in [0.29, 0.717) is 6.90 Å². The van der Waals surface area contributed by atoms with Gasteiger partial charge in [0.25, 0.3) is 0 Å². The molecule has 1 heteroatoms. The molecule has 0 aliphatic rings. The Labute approximate surface area is 59.5 Å². The third-order valence-corrected chi connectivity index (χ3v) is 1.77. The lowest BCUT2D eigenvalue weighted by Gasteiger charge is -2.19. The van der Waals surface area contributed by atoms with Gasteiger partial charge in [-0.25, -0.2) is 0 Å². The van der Waals surface area contributed by atoms with E-state index in [4.69, 9.17) is 1.37 Å². The summed E-state index contributed by atoms with van der Waals surface area (Å²) in [7, 11) is 0. The minimum atomic E-state index is 0.108. The van der Waals surface area contributed by atoms with Crippen molar-refractivity contribution < 1.29 is 1.37 Å². The van der Waals surface area contributed by atoms with Gasteiger partial charge in [0.15, 0.2) is 0 Å². The molecule has 0 aromatic heterocycles. The van der Waals surface area contributed by atoms with Crippen LogP contribution in [0.25, 0.3) is 0 Å². The summed E-state index contributed by atoms with van der Waals surface area (Å²) in [5.41, 5.74) is 0. The summed E-state index contributed by atoms with van der Waals surface area (Å²) in [6.07, 6.45) is 3.19. The van der Waals surface area contributed by atoms with E-state index in [1.165, 1.54) is 6.42 Å². The molecule has 0 saturated carbocycles. The second kappa shape index (κ2) is 3.39. The van der Waals surface area contributed by atoms with E-state index in [2.05, 4.69) is 26.5 Å². The lowest BCUT2D eigenvalue weighted by molar-refractivity contribution is 0.564. The minimum absolute atomic E-state index is 0.108. The van der Waals surface area contributed by atoms with E-state index in [1.807, 2.05) is 0 Å². The van der Waals surface area contributed by atoms with Crippen LogP contribution in [0.4, 0.5) is 0 Å². The highest BCUT2D eigenvalue weighted by Gasteiger charge is 2.13. The van der Waals surface area contributed by atoms with Crippen LogP contribution < -0.4 is 0 Å². The quantitative estimate of drug-likeness (QED) is 0.562. The maximum Gasteiger partial charge on any atom is 0.0231 e. The monoisotopic (exact) mass is 133 g/mol. The molecule has 0 aliphatic carbocycles. The highest BCUT2D eigenvalue weighted by Crippen LogP contribution is 2.23. The lowest BCUT2D eigenvalue weighted by atomic mass is 10.0. The maximum atomic E-state index is 6.99. The van der Waals surface area contributed by atoms with Crippen molar-refractivity contribution in [2.24, 2.45) is 0 Å². The molecule has 0 radical (unpaired) electrons. The van der Waals surface area contributed by atoms with Crippen molar-refractivity contribution >= 4 is 12.6 Å². The van der Waals surface area contributed by atoms with Gasteiger partial charge in [0.1, 0.15) is 0 Å². The normalized spacial score (nSPS) is 19.6. The van der Waals surface area contributed by atoms with E-state index in [-0.39, 0.29) is 4.75 Å². The lowest BCUT2D eigenvalue weighted by Crippen LogP contribution is -2.13. The molecule has 0 fully saturated rings. The van der Waals surface area contributed by atoms with Crippen molar-refractivity contribution in [1.82, 2.24) is 0 Å². The smallest absolute Gasteiger partial charge is 0.0231 e. The summed E-state index contributed by atoms with van der Waals surface area (Å²) >= 11 is 4.43. The predicted octanol–water partition coefficient (Wildman–Crippen LogP) is 2.89. The van der Waals surface area contributed by atoms with Crippen LogP contribution in [0.15, 0.2) is 0 Å². The van der Waals surface area contributed by atoms with Crippen LogP contribution in [0.1, 0.15) is 41.4 Å². The van der Waals surface area contributed by atoms with Gasteiger partial charge in [-0.1, -0.05) is 27.2 Å². The van der Waals surface area contributed by atoms with E-state index >= 15 is 0 Å². The number of rotatable bonds is 3. The number of hydrogen-bond acceptors (Lipinski definition) is 1. The highest BCUT2D eigenvalue weighted by molar-refractivity contribution is 7.81. The molecule has 0 aliphatic heterocycles. The van der Waals surface area contributed by atoms with Crippen molar-refractivity contribution in [3.8, 4) is 0 Å². The summed E-state index contributed by atoms with van der Waals surface area (Å²) in [5.74, 6) is 0. The molecule has 1 unspecified atom stereocenters. The second-order valence-corrected chi connectivity index (χ2v) is 3.58. The van der Waals surface area contributed by atoms with Crippen LogP contribution in [0.2, 0.25) is 0 Å². The molecular weight excluding hydrogens is 116 g/mol. The molecule has 0 nitrogen and oxygen atoms in total. The van der Waals surface area contributed by atoms with Crippen molar-refractivity contribution in [3.63, 3.8) is 0 Å². The molecule has 50 valence electrons. The standard InChI is InChI=1S/C7H16S/c1-4-6-7(3,8)5-2/h8H,4-6H2,1-3H3/i2D. The Morgan fingerprint density at radius 3 is 2.75 bits per heavy atom. The van der Waals surface area contributed by atoms with Gasteiger partial charge in [0.2, 0.25) is 0 Å². The molecule has 0 bridgehead atoms. The van der Waals surface area contributed by atoms with Crippen LogP contribution in [-0.2, 0) is 0 Å². The Bertz CT molecular complexity index is 63.3. The third-order valence-electron chi connectivity index (χ3n) is 1.33. The zero-order valence-corrected chi connectivity index (χ0v) is 6.67. The summed E-state index contributed by atoms with van der Waals surface area (Å²) in [4.78, 5) is 0. The molecule has 0 N–H and O–H groups in total. The van der Waals surface area contributed by atoms with Crippen molar-refractivity contribution in [1.29, 1.82) is 0 Å². The van der Waals surface area contributed by atoms with Gasteiger partial charge < -0.3 is 0 Å². The molecule has 0 saturated heterocycles. The van der Waals surface area contributed by atoms with Gasteiger partial charge in [-0.2, -0.15) is 12.6 Å². The molecule has 0 aromatic carbocycles. The first-order valence-electron chi connectivity index (χ1n) is 3.84. The fourth-order valence-corrected chi connectivity index (χ4v) is 0.887. The Morgan fingerprint density at radius 2 is 2.38 bits per heavy atom. The fourth-order valence-electron chi connectivity index (χ4n) is 0.664. The molecule has 0 rings (SSSR count). The molecule has 8 heavy (non-hydrogen) atoms. The molecule has 0 amide bonds. The van der Waals surface area contributed by atoms with Gasteiger partial charge >= 0.3 is 0 Å². The SMILES string of the molecule is [2H]CCC(C)(S)CCC. The van der Waals surface area contributed by atoms with Crippen LogP contribution in [0.5, 0.6) is 0 Å². The summed E-state index contributed by atoms with van der Waals surface area (Å²) in [6, 6.07) is 0. The van der Waals surface area contributed by atoms with Crippen LogP contribution >= 0.6 is 12.6 Å². The average Bonchev–Trinajstić information content (AvgIpc) is 1.64. The largest absolute Gasteiger partial charge is 0.173 e. The predicted molar refractivity (Wildman–Crippen MR) is 42.6 cm³/mol. The van der Waals surface area contributed by atoms with Crippen LogP contribution in [0.3, 0.4) is 0 Å². The topological polar surface area (TPSA) is 0 Å². The fraction of sp³-hybridized carbons (Fsp3) is 1.00. The van der Waals surface area contributed by atoms with Crippen LogP contribution in [-0.4, -0.2) is 4.75 Å². The van der Waals surface area contributed by atoms with E-state index in [9.17, 15) is 0 Å². The van der Waals surface area contributed by atoms with E-state index in [1.54, 1.807) is 0 Å². The van der Waals surface area contributed by atoms with Gasteiger partial charge in [-0.3, -0.25) is 0 Å². The first-order chi connectivity index (χ1) is 4.12. The zero-order chi connectivity index (χ0) is 7.33. The van der Waals surface area contributed by atoms with E-state index < -0.39 is 0 Å². The Balaban J connectivity index is 3.43. The summed E-state index contributed by atoms with van der Waals surface area (Å²) in [5, 5.41) is 0. The Kier molecular flexibility index (Phi) is 2.74. The van der Waals surface area contributed by atoms with Crippen LogP contribution in [0, 0.1) is 0 Å². The Morgan fingerprint density at radius 1 is 1.75 bits per heavy atom. The third kappa shape index (κ3) is 3.36. The Hall–Kier alpha value is 0.350. The molecule has 0 spiro atoms. The van der Waals surface area contributed by atoms with Crippen molar-refractivity contribution in [3.05, 3.63) is 0 Å². The van der Waals surface area contributed by atoms with E-state index in [0.717, 1.165) is 12.8 Å². The first kappa shape index (κ1) is 6.47. The maximum absolute atomic E-state index is 6.99. The molecule has 0 heterocycles. The summed E-state index contributed by atoms with van der Waals surface area (Å²) in [6.45, 7) is 4.76. The number of thiol groups is 1. The van der Waals surface area contributed by atoms with Gasteiger partial charge in [0, 0.05) is 6.12 Å². The molecular formula is C7H16S. The van der Waals surface area contributed by atoms with Gasteiger partial charge in [-0.15, -0.1) is 0 Å².